The Morgan fingerprint density at radius 2 is 2.41 bits per heavy atom. The Labute approximate surface area is 162 Å². The van der Waals surface area contributed by atoms with Crippen LogP contribution in [-0.2, 0) is 14.3 Å². The molecule has 3 heterocycles. The van der Waals surface area contributed by atoms with E-state index in [1.807, 2.05) is 25.1 Å². The van der Waals surface area contributed by atoms with Crippen LogP contribution in [0.1, 0.15) is 19.8 Å². The molecule has 2 aromatic rings. The summed E-state index contributed by atoms with van der Waals surface area (Å²) in [5.41, 5.74) is 0.610. The van der Waals surface area contributed by atoms with Crippen LogP contribution in [0.25, 0.3) is 10.2 Å². The summed E-state index contributed by atoms with van der Waals surface area (Å²) >= 11 is 1.46. The number of carbonyl (C=O) groups is 1. The van der Waals surface area contributed by atoms with E-state index in [2.05, 4.69) is 15.2 Å². The highest BCUT2D eigenvalue weighted by Crippen LogP contribution is 2.36. The first-order chi connectivity index (χ1) is 13.1. The smallest absolute Gasteiger partial charge is 0.240 e. The Balaban J connectivity index is 1.39. The van der Waals surface area contributed by atoms with Gasteiger partial charge in [-0.05, 0) is 38.0 Å². The predicted molar refractivity (Wildman–Crippen MR) is 105 cm³/mol. The van der Waals surface area contributed by atoms with Gasteiger partial charge in [0.15, 0.2) is 5.13 Å². The lowest BCUT2D eigenvalue weighted by atomic mass is 9.97. The maximum absolute atomic E-state index is 12.5. The lowest BCUT2D eigenvalue weighted by Gasteiger charge is -2.28. The summed E-state index contributed by atoms with van der Waals surface area (Å²) in [7, 11) is 1.72. The number of hydrogen-bond acceptors (Lipinski definition) is 7. The monoisotopic (exact) mass is 391 g/mol. The molecule has 4 rings (SSSR count). The molecule has 0 bridgehead atoms. The molecule has 1 N–H and O–H groups in total. The van der Waals surface area contributed by atoms with E-state index >= 15 is 0 Å². The van der Waals surface area contributed by atoms with Crippen molar-refractivity contribution in [2.45, 2.75) is 31.5 Å². The highest BCUT2D eigenvalue weighted by molar-refractivity contribution is 7.22. The SMILES string of the molecule is CCOc1ccc2nc(NC(=O)CN3C[C@@H](OC)[C@@]4(CCCO4)C3)sc2c1. The molecule has 0 saturated carbocycles. The Morgan fingerprint density at radius 1 is 1.52 bits per heavy atom. The third-order valence-electron chi connectivity index (χ3n) is 5.20. The lowest BCUT2D eigenvalue weighted by molar-refractivity contribution is -0.117. The van der Waals surface area contributed by atoms with Gasteiger partial charge in [-0.2, -0.15) is 0 Å². The summed E-state index contributed by atoms with van der Waals surface area (Å²) in [6.07, 6.45) is 2.06. The molecule has 0 aliphatic carbocycles. The van der Waals surface area contributed by atoms with Crippen molar-refractivity contribution in [1.82, 2.24) is 9.88 Å². The van der Waals surface area contributed by atoms with Crippen LogP contribution in [0.5, 0.6) is 5.75 Å². The number of anilines is 1. The second-order valence-corrected chi connectivity index (χ2v) is 8.07. The molecule has 7 nitrogen and oxygen atoms in total. The molecule has 27 heavy (non-hydrogen) atoms. The average Bonchev–Trinajstić information content (AvgIpc) is 3.34. The van der Waals surface area contributed by atoms with E-state index in [0.717, 1.165) is 42.0 Å². The molecule has 1 aromatic heterocycles. The zero-order chi connectivity index (χ0) is 18.9. The standard InChI is InChI=1S/C19H25N3O4S/c1-3-25-13-5-6-14-15(9-13)27-18(20-14)21-17(23)11-22-10-16(24-2)19(12-22)7-4-8-26-19/h5-6,9,16H,3-4,7-8,10-12H2,1-2H3,(H,20,21,23)/t16-,19-/m1/s1. The molecule has 0 radical (unpaired) electrons. The second kappa shape index (κ2) is 7.71. The van der Waals surface area contributed by atoms with Crippen LogP contribution < -0.4 is 10.1 Å². The van der Waals surface area contributed by atoms with Gasteiger partial charge >= 0.3 is 0 Å². The van der Waals surface area contributed by atoms with Crippen LogP contribution in [-0.4, -0.2) is 67.5 Å². The average molecular weight is 391 g/mol. The van der Waals surface area contributed by atoms with E-state index in [1.54, 1.807) is 7.11 Å². The molecule has 1 amide bonds. The molecule has 8 heteroatoms. The van der Waals surface area contributed by atoms with Crippen molar-refractivity contribution in [2.24, 2.45) is 0 Å². The first kappa shape index (κ1) is 18.6. The Kier molecular flexibility index (Phi) is 5.32. The number of methoxy groups -OCH3 is 1. The van der Waals surface area contributed by atoms with E-state index in [1.165, 1.54) is 11.3 Å². The van der Waals surface area contributed by atoms with E-state index in [-0.39, 0.29) is 17.6 Å². The van der Waals surface area contributed by atoms with Gasteiger partial charge in [0.25, 0.3) is 0 Å². The van der Waals surface area contributed by atoms with Gasteiger partial charge in [-0.1, -0.05) is 11.3 Å². The highest BCUT2D eigenvalue weighted by atomic mass is 32.1. The lowest BCUT2D eigenvalue weighted by Crippen LogP contribution is -2.42. The number of nitrogens with one attached hydrogen (secondary N) is 1. The second-order valence-electron chi connectivity index (χ2n) is 7.04. The van der Waals surface area contributed by atoms with Gasteiger partial charge in [-0.25, -0.2) is 4.98 Å². The third kappa shape index (κ3) is 3.80. The zero-order valence-corrected chi connectivity index (χ0v) is 16.5. The summed E-state index contributed by atoms with van der Waals surface area (Å²) in [4.78, 5) is 19.1. The van der Waals surface area contributed by atoms with Gasteiger partial charge in [0.05, 0.1) is 29.5 Å². The van der Waals surface area contributed by atoms with Gasteiger partial charge in [0.2, 0.25) is 5.91 Å². The number of rotatable bonds is 6. The van der Waals surface area contributed by atoms with Crippen LogP contribution in [0, 0.1) is 0 Å². The quantitative estimate of drug-likeness (QED) is 0.816. The van der Waals surface area contributed by atoms with E-state index in [0.29, 0.717) is 24.8 Å². The van der Waals surface area contributed by atoms with Crippen molar-refractivity contribution in [2.75, 3.05) is 45.3 Å². The van der Waals surface area contributed by atoms with Crippen LogP contribution in [0.4, 0.5) is 5.13 Å². The number of benzene rings is 1. The Bertz CT molecular complexity index is 818. The highest BCUT2D eigenvalue weighted by Gasteiger charge is 2.50. The van der Waals surface area contributed by atoms with Crippen molar-refractivity contribution in [3.05, 3.63) is 18.2 Å². The fourth-order valence-corrected chi connectivity index (χ4v) is 4.94. The fourth-order valence-electron chi connectivity index (χ4n) is 4.03. The number of thiazole rings is 1. The minimum Gasteiger partial charge on any atom is -0.494 e. The summed E-state index contributed by atoms with van der Waals surface area (Å²) in [5.74, 6) is 0.750. The maximum atomic E-state index is 12.5. The number of amides is 1. The van der Waals surface area contributed by atoms with Crippen molar-refractivity contribution in [1.29, 1.82) is 0 Å². The van der Waals surface area contributed by atoms with Crippen molar-refractivity contribution < 1.29 is 19.0 Å². The molecule has 2 fully saturated rings. The minimum absolute atomic E-state index is 0.0206. The van der Waals surface area contributed by atoms with Crippen molar-refractivity contribution >= 4 is 32.6 Å². The first-order valence-corrected chi connectivity index (χ1v) is 10.2. The molecule has 1 aromatic carbocycles. The molecule has 146 valence electrons. The minimum atomic E-state index is -0.249. The van der Waals surface area contributed by atoms with Gasteiger partial charge in [-0.15, -0.1) is 0 Å². The number of ether oxygens (including phenoxy) is 3. The molecule has 2 aliphatic heterocycles. The normalized spacial score (nSPS) is 25.5. The van der Waals surface area contributed by atoms with Crippen molar-refractivity contribution in [3.8, 4) is 5.75 Å². The number of carbonyl (C=O) groups excluding carboxylic acids is 1. The maximum Gasteiger partial charge on any atom is 0.240 e. The first-order valence-electron chi connectivity index (χ1n) is 9.34. The number of likely N-dealkylation sites (tertiary alicyclic amines) is 1. The Hall–Kier alpha value is -1.74. The van der Waals surface area contributed by atoms with Gasteiger partial charge in [0, 0.05) is 26.8 Å². The van der Waals surface area contributed by atoms with Gasteiger partial charge in [-0.3, -0.25) is 9.69 Å². The molecule has 2 aliphatic rings. The summed E-state index contributed by atoms with van der Waals surface area (Å²) in [6.45, 7) is 5.10. The van der Waals surface area contributed by atoms with Crippen LogP contribution in [0.15, 0.2) is 18.2 Å². The van der Waals surface area contributed by atoms with E-state index < -0.39 is 0 Å². The fraction of sp³-hybridized carbons (Fsp3) is 0.579. The summed E-state index contributed by atoms with van der Waals surface area (Å²) in [6, 6.07) is 5.77. The van der Waals surface area contributed by atoms with Gasteiger partial charge < -0.3 is 19.5 Å². The molecular formula is C19H25N3O4S. The van der Waals surface area contributed by atoms with Crippen LogP contribution in [0.2, 0.25) is 0 Å². The number of nitrogens with zero attached hydrogens (tertiary/aromatic N) is 2. The summed E-state index contributed by atoms with van der Waals surface area (Å²) in [5, 5.41) is 3.54. The Morgan fingerprint density at radius 3 is 3.15 bits per heavy atom. The van der Waals surface area contributed by atoms with Crippen LogP contribution in [0.3, 0.4) is 0 Å². The topological polar surface area (TPSA) is 72.9 Å². The molecule has 1 spiro atoms. The molecular weight excluding hydrogens is 366 g/mol. The molecule has 2 atom stereocenters. The molecule has 2 saturated heterocycles. The van der Waals surface area contributed by atoms with Crippen LogP contribution >= 0.6 is 11.3 Å². The van der Waals surface area contributed by atoms with Crippen molar-refractivity contribution in [3.63, 3.8) is 0 Å². The summed E-state index contributed by atoms with van der Waals surface area (Å²) < 4.78 is 18.1. The third-order valence-corrected chi connectivity index (χ3v) is 6.14. The van der Waals surface area contributed by atoms with Gasteiger partial charge in [0.1, 0.15) is 11.4 Å². The van der Waals surface area contributed by atoms with E-state index in [4.69, 9.17) is 14.2 Å². The zero-order valence-electron chi connectivity index (χ0n) is 15.7. The number of aromatic nitrogens is 1. The predicted octanol–water partition coefficient (Wildman–Crippen LogP) is 2.51. The molecule has 0 unspecified atom stereocenters. The largest absolute Gasteiger partial charge is 0.494 e. The number of fused-ring (bicyclic) bond motifs is 1. The van der Waals surface area contributed by atoms with E-state index in [9.17, 15) is 4.79 Å². The number of hydrogen-bond donors (Lipinski definition) is 1.